The van der Waals surface area contributed by atoms with E-state index < -0.39 is 0 Å². The number of thioether (sulfide) groups is 1. The van der Waals surface area contributed by atoms with E-state index in [4.69, 9.17) is 11.6 Å². The number of hydrogen-bond donors (Lipinski definition) is 1. The molecule has 0 radical (unpaired) electrons. The van der Waals surface area contributed by atoms with E-state index >= 15 is 0 Å². The minimum absolute atomic E-state index is 0.0409. The zero-order valence-electron chi connectivity index (χ0n) is 11.9. The maximum atomic E-state index is 12.5. The molecule has 1 unspecified atom stereocenters. The molecule has 0 fully saturated rings. The van der Waals surface area contributed by atoms with Gasteiger partial charge in [0.1, 0.15) is 0 Å². The second kappa shape index (κ2) is 5.74. The maximum Gasteiger partial charge on any atom is 0.238 e. The van der Waals surface area contributed by atoms with E-state index in [-0.39, 0.29) is 11.2 Å². The maximum absolute atomic E-state index is 12.5. The number of halogens is 1. The lowest BCUT2D eigenvalue weighted by atomic mass is 10.1. The quantitative estimate of drug-likeness (QED) is 0.876. The van der Waals surface area contributed by atoms with Gasteiger partial charge in [-0.25, -0.2) is 0 Å². The lowest BCUT2D eigenvalue weighted by molar-refractivity contribution is -0.115. The third-order valence-electron chi connectivity index (χ3n) is 3.72. The van der Waals surface area contributed by atoms with E-state index in [9.17, 15) is 4.79 Å². The van der Waals surface area contributed by atoms with Crippen molar-refractivity contribution in [2.24, 2.45) is 0 Å². The predicted octanol–water partition coefficient (Wildman–Crippen LogP) is 4.61. The van der Waals surface area contributed by atoms with E-state index in [1.54, 1.807) is 11.8 Å². The van der Waals surface area contributed by atoms with Crippen molar-refractivity contribution >= 4 is 35.0 Å². The van der Waals surface area contributed by atoms with Crippen LogP contribution in [-0.4, -0.2) is 11.2 Å². The van der Waals surface area contributed by atoms with Gasteiger partial charge < -0.3 is 5.32 Å². The average Bonchev–Trinajstić information content (AvgIpc) is 2.87. The van der Waals surface area contributed by atoms with Crippen LogP contribution in [-0.2, 0) is 11.2 Å². The third kappa shape index (κ3) is 2.94. The predicted molar refractivity (Wildman–Crippen MR) is 89.3 cm³/mol. The Morgan fingerprint density at radius 1 is 1.29 bits per heavy atom. The van der Waals surface area contributed by atoms with Gasteiger partial charge in [0, 0.05) is 15.6 Å². The van der Waals surface area contributed by atoms with Crippen LogP contribution >= 0.6 is 23.4 Å². The molecule has 0 aromatic heterocycles. The van der Waals surface area contributed by atoms with Gasteiger partial charge >= 0.3 is 0 Å². The molecule has 21 heavy (non-hydrogen) atoms. The molecular formula is C17H16ClNOS. The lowest BCUT2D eigenvalue weighted by Gasteiger charge is -2.12. The molecule has 0 aliphatic carbocycles. The average molecular weight is 318 g/mol. The van der Waals surface area contributed by atoms with Gasteiger partial charge in [-0.2, -0.15) is 0 Å². The number of anilines is 1. The van der Waals surface area contributed by atoms with Crippen molar-refractivity contribution in [1.82, 2.24) is 0 Å². The Hall–Kier alpha value is -1.45. The Morgan fingerprint density at radius 2 is 2.10 bits per heavy atom. The highest BCUT2D eigenvalue weighted by molar-refractivity contribution is 8.01. The van der Waals surface area contributed by atoms with Crippen LogP contribution in [0.3, 0.4) is 0 Å². The fourth-order valence-electron chi connectivity index (χ4n) is 2.44. The van der Waals surface area contributed by atoms with Crippen molar-refractivity contribution in [3.8, 4) is 0 Å². The summed E-state index contributed by atoms with van der Waals surface area (Å²) >= 11 is 7.73. The molecule has 108 valence electrons. The van der Waals surface area contributed by atoms with Gasteiger partial charge in [0.05, 0.1) is 5.25 Å². The van der Waals surface area contributed by atoms with Crippen LogP contribution in [0.5, 0.6) is 0 Å². The Balaban J connectivity index is 1.75. The SMILES string of the molecule is Cc1ccc2c(c1)SC(C(=O)Nc1cccc(Cl)c1C)C2. The molecule has 1 aliphatic heterocycles. The van der Waals surface area contributed by atoms with Crippen molar-refractivity contribution in [2.75, 3.05) is 5.32 Å². The molecule has 3 rings (SSSR count). The van der Waals surface area contributed by atoms with Crippen LogP contribution < -0.4 is 5.32 Å². The van der Waals surface area contributed by atoms with Crippen LogP contribution in [0.15, 0.2) is 41.3 Å². The number of hydrogen-bond acceptors (Lipinski definition) is 2. The van der Waals surface area contributed by atoms with E-state index in [1.807, 2.05) is 25.1 Å². The summed E-state index contributed by atoms with van der Waals surface area (Å²) in [7, 11) is 0. The van der Waals surface area contributed by atoms with Gasteiger partial charge in [0.25, 0.3) is 0 Å². The molecule has 0 bridgehead atoms. The number of nitrogens with one attached hydrogen (secondary N) is 1. The van der Waals surface area contributed by atoms with Crippen LogP contribution in [0.25, 0.3) is 0 Å². The fraction of sp³-hybridized carbons (Fsp3) is 0.235. The molecule has 1 atom stereocenters. The molecule has 2 aromatic carbocycles. The fourth-order valence-corrected chi connectivity index (χ4v) is 3.90. The molecule has 0 spiro atoms. The van der Waals surface area contributed by atoms with Crippen LogP contribution in [0, 0.1) is 13.8 Å². The van der Waals surface area contributed by atoms with Crippen LogP contribution in [0.2, 0.25) is 5.02 Å². The Kier molecular flexibility index (Phi) is 3.96. The number of aryl methyl sites for hydroxylation is 1. The van der Waals surface area contributed by atoms with E-state index in [0.29, 0.717) is 5.02 Å². The molecule has 2 aromatic rings. The Labute approximate surface area is 133 Å². The second-order valence-corrected chi connectivity index (χ2v) is 6.98. The highest BCUT2D eigenvalue weighted by atomic mass is 35.5. The topological polar surface area (TPSA) is 29.1 Å². The first-order valence-corrected chi connectivity index (χ1v) is 8.12. The van der Waals surface area contributed by atoms with Crippen LogP contribution in [0.1, 0.15) is 16.7 Å². The first-order valence-electron chi connectivity index (χ1n) is 6.87. The highest BCUT2D eigenvalue weighted by Crippen LogP contribution is 2.38. The molecular weight excluding hydrogens is 302 g/mol. The molecule has 4 heteroatoms. The van der Waals surface area contributed by atoms with Crippen molar-refractivity contribution < 1.29 is 4.79 Å². The summed E-state index contributed by atoms with van der Waals surface area (Å²) in [5.41, 5.74) is 4.19. The minimum Gasteiger partial charge on any atom is -0.325 e. The Bertz CT molecular complexity index is 714. The molecule has 1 N–H and O–H groups in total. The smallest absolute Gasteiger partial charge is 0.238 e. The minimum atomic E-state index is -0.0693. The summed E-state index contributed by atoms with van der Waals surface area (Å²) in [6.45, 7) is 3.99. The van der Waals surface area contributed by atoms with Gasteiger partial charge in [-0.05, 0) is 49.6 Å². The number of carbonyl (C=O) groups is 1. The van der Waals surface area contributed by atoms with Crippen molar-refractivity contribution in [2.45, 2.75) is 30.4 Å². The zero-order chi connectivity index (χ0) is 15.0. The number of amides is 1. The van der Waals surface area contributed by atoms with E-state index in [1.165, 1.54) is 16.0 Å². The first-order chi connectivity index (χ1) is 10.0. The summed E-state index contributed by atoms with van der Waals surface area (Å²) in [5.74, 6) is 0.0409. The van der Waals surface area contributed by atoms with Crippen molar-refractivity contribution in [3.05, 3.63) is 58.1 Å². The van der Waals surface area contributed by atoms with Gasteiger partial charge in [-0.3, -0.25) is 4.79 Å². The summed E-state index contributed by atoms with van der Waals surface area (Å²) in [6.07, 6.45) is 0.783. The van der Waals surface area contributed by atoms with E-state index in [2.05, 4.69) is 30.4 Å². The number of carbonyl (C=O) groups excluding carboxylic acids is 1. The monoisotopic (exact) mass is 317 g/mol. The summed E-state index contributed by atoms with van der Waals surface area (Å²) in [5, 5.41) is 3.60. The molecule has 2 nitrogen and oxygen atoms in total. The Morgan fingerprint density at radius 3 is 2.90 bits per heavy atom. The highest BCUT2D eigenvalue weighted by Gasteiger charge is 2.28. The number of benzene rings is 2. The molecule has 1 amide bonds. The van der Waals surface area contributed by atoms with Gasteiger partial charge in [-0.15, -0.1) is 11.8 Å². The van der Waals surface area contributed by atoms with Gasteiger partial charge in [0.15, 0.2) is 0 Å². The third-order valence-corrected chi connectivity index (χ3v) is 5.42. The van der Waals surface area contributed by atoms with Crippen molar-refractivity contribution in [1.29, 1.82) is 0 Å². The second-order valence-electron chi connectivity index (χ2n) is 5.32. The molecule has 0 saturated carbocycles. The first kappa shape index (κ1) is 14.5. The van der Waals surface area contributed by atoms with Crippen molar-refractivity contribution in [3.63, 3.8) is 0 Å². The normalized spacial score (nSPS) is 16.6. The summed E-state index contributed by atoms with van der Waals surface area (Å²) < 4.78 is 0. The standard InChI is InChI=1S/C17H16ClNOS/c1-10-6-7-12-9-16(21-15(12)8-10)17(20)19-14-5-3-4-13(18)11(14)2/h3-8,16H,9H2,1-2H3,(H,19,20). The lowest BCUT2D eigenvalue weighted by Crippen LogP contribution is -2.25. The van der Waals surface area contributed by atoms with Gasteiger partial charge in [0.2, 0.25) is 5.91 Å². The zero-order valence-corrected chi connectivity index (χ0v) is 13.5. The largest absolute Gasteiger partial charge is 0.325 e. The number of fused-ring (bicyclic) bond motifs is 1. The van der Waals surface area contributed by atoms with Gasteiger partial charge in [-0.1, -0.05) is 35.4 Å². The molecule has 0 saturated heterocycles. The summed E-state index contributed by atoms with van der Waals surface area (Å²) in [4.78, 5) is 13.7. The molecule has 1 heterocycles. The van der Waals surface area contributed by atoms with E-state index in [0.717, 1.165) is 17.7 Å². The summed E-state index contributed by atoms with van der Waals surface area (Å²) in [6, 6.07) is 11.9. The number of rotatable bonds is 2. The van der Waals surface area contributed by atoms with Crippen LogP contribution in [0.4, 0.5) is 5.69 Å². The molecule has 1 aliphatic rings.